The van der Waals surface area contributed by atoms with Crippen LogP contribution in [0.2, 0.25) is 5.02 Å². The van der Waals surface area contributed by atoms with Gasteiger partial charge in [-0.3, -0.25) is 5.10 Å². The zero-order valence-corrected chi connectivity index (χ0v) is 20.2. The van der Waals surface area contributed by atoms with E-state index in [0.717, 1.165) is 62.7 Å². The molecule has 7 nitrogen and oxygen atoms in total. The van der Waals surface area contributed by atoms with E-state index >= 15 is 0 Å². The molecular weight excluding hydrogens is 454 g/mol. The first-order valence-electron chi connectivity index (χ1n) is 10.8. The second-order valence-electron chi connectivity index (χ2n) is 7.74. The number of benzene rings is 2. The number of aromatic nitrogens is 4. The summed E-state index contributed by atoms with van der Waals surface area (Å²) in [5.74, 6) is 1.27. The Morgan fingerprint density at radius 3 is 2.70 bits per heavy atom. The Labute approximate surface area is 200 Å². The van der Waals surface area contributed by atoms with E-state index in [1.54, 1.807) is 11.3 Å². The molecule has 9 heteroatoms. The van der Waals surface area contributed by atoms with Crippen LogP contribution in [0.3, 0.4) is 0 Å². The van der Waals surface area contributed by atoms with Crippen LogP contribution in [0.15, 0.2) is 48.0 Å². The molecule has 5 rings (SSSR count). The molecule has 0 unspecified atom stereocenters. The molecule has 33 heavy (non-hydrogen) atoms. The SMILES string of the molecule is CCN(CC)c1ccc(Nc2nc(Nc3cc4cn[nH]c4cc3C)c3sccc3n2)cc1Cl. The highest BCUT2D eigenvalue weighted by molar-refractivity contribution is 7.17. The summed E-state index contributed by atoms with van der Waals surface area (Å²) in [7, 11) is 0. The van der Waals surface area contributed by atoms with Crippen LogP contribution in [0.1, 0.15) is 19.4 Å². The molecular formula is C24H24ClN7S. The summed E-state index contributed by atoms with van der Waals surface area (Å²) in [6, 6.07) is 12.1. The molecule has 168 valence electrons. The maximum atomic E-state index is 6.58. The van der Waals surface area contributed by atoms with Gasteiger partial charge < -0.3 is 15.5 Å². The zero-order chi connectivity index (χ0) is 22.9. The number of thiophene rings is 1. The normalized spacial score (nSPS) is 11.3. The number of anilines is 5. The quantitative estimate of drug-likeness (QED) is 0.237. The van der Waals surface area contributed by atoms with E-state index < -0.39 is 0 Å². The van der Waals surface area contributed by atoms with E-state index in [1.165, 1.54) is 0 Å². The number of fused-ring (bicyclic) bond motifs is 2. The van der Waals surface area contributed by atoms with Crippen LogP contribution < -0.4 is 15.5 Å². The van der Waals surface area contributed by atoms with Gasteiger partial charge in [0.25, 0.3) is 0 Å². The second kappa shape index (κ2) is 8.88. The lowest BCUT2D eigenvalue weighted by atomic mass is 10.1. The molecule has 0 amide bonds. The van der Waals surface area contributed by atoms with Crippen molar-refractivity contribution in [2.24, 2.45) is 0 Å². The van der Waals surface area contributed by atoms with Gasteiger partial charge in [0.15, 0.2) is 5.82 Å². The molecule has 3 aromatic heterocycles. The average molecular weight is 478 g/mol. The van der Waals surface area contributed by atoms with Crippen molar-refractivity contribution in [1.82, 2.24) is 20.2 Å². The number of hydrogen-bond donors (Lipinski definition) is 3. The summed E-state index contributed by atoms with van der Waals surface area (Å²) >= 11 is 8.19. The number of rotatable bonds is 7. The van der Waals surface area contributed by atoms with Gasteiger partial charge in [-0.05, 0) is 68.1 Å². The predicted octanol–water partition coefficient (Wildman–Crippen LogP) is 6.86. The summed E-state index contributed by atoms with van der Waals surface area (Å²) < 4.78 is 1.00. The van der Waals surface area contributed by atoms with Crippen molar-refractivity contribution >= 4 is 72.9 Å². The predicted molar refractivity (Wildman–Crippen MR) is 140 cm³/mol. The molecule has 0 saturated carbocycles. The number of nitrogens with zero attached hydrogens (tertiary/aromatic N) is 4. The van der Waals surface area contributed by atoms with Crippen LogP contribution in [0, 0.1) is 6.92 Å². The molecule has 0 bridgehead atoms. The number of nitrogens with one attached hydrogen (secondary N) is 3. The van der Waals surface area contributed by atoms with Crippen molar-refractivity contribution in [1.29, 1.82) is 0 Å². The first-order chi connectivity index (χ1) is 16.1. The van der Waals surface area contributed by atoms with E-state index in [0.29, 0.717) is 11.0 Å². The van der Waals surface area contributed by atoms with Crippen LogP contribution in [0.4, 0.5) is 28.8 Å². The van der Waals surface area contributed by atoms with Crippen molar-refractivity contribution in [3.8, 4) is 0 Å². The second-order valence-corrected chi connectivity index (χ2v) is 9.07. The zero-order valence-electron chi connectivity index (χ0n) is 18.6. The van der Waals surface area contributed by atoms with E-state index in [9.17, 15) is 0 Å². The number of hydrogen-bond acceptors (Lipinski definition) is 7. The lowest BCUT2D eigenvalue weighted by Gasteiger charge is -2.22. The Bertz CT molecular complexity index is 1440. The van der Waals surface area contributed by atoms with Crippen molar-refractivity contribution in [3.63, 3.8) is 0 Å². The Morgan fingerprint density at radius 2 is 1.91 bits per heavy atom. The van der Waals surface area contributed by atoms with Gasteiger partial charge in [0.2, 0.25) is 5.95 Å². The van der Waals surface area contributed by atoms with E-state index in [1.807, 2.05) is 35.8 Å². The minimum atomic E-state index is 0.511. The standard InChI is InChI=1S/C24H24ClN7S/c1-4-32(5-2)21-7-6-16(12-17(21)25)27-24-29-18-8-9-33-22(18)23(30-24)28-19-11-15-13-26-31-20(15)10-14(19)3/h6-13H,4-5H2,1-3H3,(H,26,31)(H2,27,28,29,30). The van der Waals surface area contributed by atoms with Crippen LogP contribution in [-0.2, 0) is 0 Å². The summed E-state index contributed by atoms with van der Waals surface area (Å²) in [4.78, 5) is 11.7. The van der Waals surface area contributed by atoms with Gasteiger partial charge in [-0.25, -0.2) is 4.98 Å². The minimum absolute atomic E-state index is 0.511. The monoisotopic (exact) mass is 477 g/mol. The van der Waals surface area contributed by atoms with Gasteiger partial charge in [0.05, 0.1) is 32.6 Å². The first-order valence-corrected chi connectivity index (χ1v) is 12.1. The minimum Gasteiger partial charge on any atom is -0.371 e. The van der Waals surface area contributed by atoms with E-state index in [2.05, 4.69) is 58.6 Å². The smallest absolute Gasteiger partial charge is 0.229 e. The molecule has 0 saturated heterocycles. The van der Waals surface area contributed by atoms with Gasteiger partial charge in [0, 0.05) is 29.9 Å². The van der Waals surface area contributed by atoms with Gasteiger partial charge in [-0.2, -0.15) is 10.1 Å². The average Bonchev–Trinajstić information content (AvgIpc) is 3.45. The highest BCUT2D eigenvalue weighted by Crippen LogP contribution is 2.34. The number of aromatic amines is 1. The maximum Gasteiger partial charge on any atom is 0.229 e. The van der Waals surface area contributed by atoms with Crippen molar-refractivity contribution < 1.29 is 0 Å². The third-order valence-electron chi connectivity index (χ3n) is 5.65. The van der Waals surface area contributed by atoms with Crippen LogP contribution in [0.25, 0.3) is 21.1 Å². The molecule has 5 aromatic rings. The molecule has 0 spiro atoms. The van der Waals surface area contributed by atoms with E-state index in [-0.39, 0.29) is 0 Å². The van der Waals surface area contributed by atoms with E-state index in [4.69, 9.17) is 21.6 Å². The summed E-state index contributed by atoms with van der Waals surface area (Å²) in [6.45, 7) is 8.11. The highest BCUT2D eigenvalue weighted by atomic mass is 35.5. The molecule has 0 aliphatic carbocycles. The topological polar surface area (TPSA) is 81.8 Å². The molecule has 0 atom stereocenters. The fourth-order valence-corrected chi connectivity index (χ4v) is 4.98. The Hall–Kier alpha value is -3.36. The molecule has 3 N–H and O–H groups in total. The van der Waals surface area contributed by atoms with Gasteiger partial charge in [0.1, 0.15) is 0 Å². The summed E-state index contributed by atoms with van der Waals surface area (Å²) in [5, 5.41) is 17.7. The number of H-pyrrole nitrogens is 1. The maximum absolute atomic E-state index is 6.58. The van der Waals surface area contributed by atoms with Gasteiger partial charge >= 0.3 is 0 Å². The van der Waals surface area contributed by atoms with Crippen molar-refractivity contribution in [2.75, 3.05) is 28.6 Å². The largest absolute Gasteiger partial charge is 0.371 e. The molecule has 0 fully saturated rings. The summed E-state index contributed by atoms with van der Waals surface area (Å²) in [5.41, 5.74) is 5.84. The van der Waals surface area contributed by atoms with Crippen LogP contribution in [-0.4, -0.2) is 33.3 Å². The third-order valence-corrected chi connectivity index (χ3v) is 6.86. The summed E-state index contributed by atoms with van der Waals surface area (Å²) in [6.07, 6.45) is 1.82. The Kier molecular flexibility index (Phi) is 5.78. The molecule has 0 aliphatic rings. The fraction of sp³-hybridized carbons (Fsp3) is 0.208. The van der Waals surface area contributed by atoms with Crippen LogP contribution >= 0.6 is 22.9 Å². The molecule has 3 heterocycles. The van der Waals surface area contributed by atoms with Crippen molar-refractivity contribution in [3.05, 3.63) is 58.6 Å². The molecule has 0 aliphatic heterocycles. The molecule has 0 radical (unpaired) electrons. The fourth-order valence-electron chi connectivity index (χ4n) is 3.90. The van der Waals surface area contributed by atoms with Gasteiger partial charge in [-0.1, -0.05) is 11.6 Å². The molecule has 2 aromatic carbocycles. The lowest BCUT2D eigenvalue weighted by molar-refractivity contribution is 0.866. The number of halogens is 1. The highest BCUT2D eigenvalue weighted by Gasteiger charge is 2.13. The lowest BCUT2D eigenvalue weighted by Crippen LogP contribution is -2.22. The first kappa shape index (κ1) is 21.5. The Balaban J connectivity index is 1.48. The third kappa shape index (κ3) is 4.19. The number of aryl methyl sites for hydroxylation is 1. The van der Waals surface area contributed by atoms with Crippen molar-refractivity contribution in [2.45, 2.75) is 20.8 Å². The van der Waals surface area contributed by atoms with Gasteiger partial charge in [-0.15, -0.1) is 11.3 Å². The Morgan fingerprint density at radius 1 is 1.06 bits per heavy atom. The van der Waals surface area contributed by atoms with Crippen LogP contribution in [0.5, 0.6) is 0 Å².